The molecule has 3 N–H and O–H groups in total. The zero-order chi connectivity index (χ0) is 17.0. The molecule has 122 valence electrons. The van der Waals surface area contributed by atoms with Gasteiger partial charge in [-0.1, -0.05) is 35.0 Å². The van der Waals surface area contributed by atoms with Crippen LogP contribution in [-0.4, -0.2) is 34.8 Å². The number of esters is 1. The molecule has 0 radical (unpaired) electrons. The molecule has 1 heterocycles. The van der Waals surface area contributed by atoms with Gasteiger partial charge in [0.15, 0.2) is 11.8 Å². The predicted octanol–water partition coefficient (Wildman–Crippen LogP) is 1.82. The van der Waals surface area contributed by atoms with Crippen LogP contribution in [0.2, 0.25) is 10.0 Å². The number of benzene rings is 1. The van der Waals surface area contributed by atoms with Gasteiger partial charge < -0.3 is 15.8 Å². The lowest BCUT2D eigenvalue weighted by Gasteiger charge is -2.08. The third-order valence-corrected chi connectivity index (χ3v) is 4.04. The minimum Gasteiger partial charge on any atom is -0.456 e. The summed E-state index contributed by atoms with van der Waals surface area (Å²) in [5, 5.41) is 2.63. The number of aliphatic imine (C=N–C) groups is 1. The lowest BCUT2D eigenvalue weighted by Crippen LogP contribution is -2.24. The molecule has 0 aromatic heterocycles. The maximum Gasteiger partial charge on any atom is 0.307 e. The predicted molar refractivity (Wildman–Crippen MR) is 88.7 cm³/mol. The van der Waals surface area contributed by atoms with Crippen LogP contribution in [0.3, 0.4) is 0 Å². The molecule has 23 heavy (non-hydrogen) atoms. The minimum absolute atomic E-state index is 0.114. The zero-order valence-corrected chi connectivity index (χ0v) is 13.9. The number of nitrogens with two attached hydrogens (primary N) is 1. The summed E-state index contributed by atoms with van der Waals surface area (Å²) in [6.07, 6.45) is -0.204. The number of amides is 2. The average Bonchev–Trinajstić information content (AvgIpc) is 2.73. The van der Waals surface area contributed by atoms with E-state index in [0.29, 0.717) is 15.7 Å². The fourth-order valence-electron chi connectivity index (χ4n) is 1.71. The number of anilines is 1. The normalized spacial score (nSPS) is 16.9. The Kier molecular flexibility index (Phi) is 5.86. The van der Waals surface area contributed by atoms with Crippen LogP contribution in [0.4, 0.5) is 5.69 Å². The lowest BCUT2D eigenvalue weighted by atomic mass is 10.3. The van der Waals surface area contributed by atoms with Crippen LogP contribution in [0.5, 0.6) is 0 Å². The fraction of sp³-hybridized carbons (Fsp3) is 0.231. The van der Waals surface area contributed by atoms with Gasteiger partial charge in [0.2, 0.25) is 0 Å². The molecule has 1 aromatic rings. The topological polar surface area (TPSA) is 111 Å². The van der Waals surface area contributed by atoms with Gasteiger partial charge in [-0.3, -0.25) is 14.4 Å². The summed E-state index contributed by atoms with van der Waals surface area (Å²) in [4.78, 5) is 38.2. The van der Waals surface area contributed by atoms with Crippen molar-refractivity contribution in [3.63, 3.8) is 0 Å². The number of halogens is 2. The Hall–Kier alpha value is -1.77. The van der Waals surface area contributed by atoms with E-state index in [9.17, 15) is 14.4 Å². The van der Waals surface area contributed by atoms with Gasteiger partial charge in [0.1, 0.15) is 5.25 Å². The Morgan fingerprint density at radius 3 is 2.52 bits per heavy atom. The van der Waals surface area contributed by atoms with Crippen LogP contribution < -0.4 is 11.1 Å². The molecule has 0 spiro atoms. The highest BCUT2D eigenvalue weighted by atomic mass is 35.5. The summed E-state index contributed by atoms with van der Waals surface area (Å²) in [7, 11) is 0. The van der Waals surface area contributed by atoms with E-state index in [0.717, 1.165) is 11.8 Å². The number of amidine groups is 1. The molecule has 1 aliphatic rings. The summed E-state index contributed by atoms with van der Waals surface area (Å²) in [6.45, 7) is -0.495. The van der Waals surface area contributed by atoms with E-state index in [-0.39, 0.29) is 11.6 Å². The van der Waals surface area contributed by atoms with Crippen molar-refractivity contribution in [2.75, 3.05) is 11.9 Å². The average molecular weight is 376 g/mol. The van der Waals surface area contributed by atoms with E-state index in [4.69, 9.17) is 33.7 Å². The molecular weight excluding hydrogens is 365 g/mol. The third kappa shape index (κ3) is 5.42. The maximum absolute atomic E-state index is 11.7. The molecule has 10 heteroatoms. The molecule has 0 fully saturated rings. The molecule has 1 aromatic carbocycles. The monoisotopic (exact) mass is 375 g/mol. The highest BCUT2D eigenvalue weighted by Gasteiger charge is 2.29. The molecular formula is C13H11Cl2N3O4S. The van der Waals surface area contributed by atoms with E-state index in [2.05, 4.69) is 10.3 Å². The van der Waals surface area contributed by atoms with Crippen molar-refractivity contribution in [3.8, 4) is 0 Å². The van der Waals surface area contributed by atoms with Crippen molar-refractivity contribution in [1.29, 1.82) is 0 Å². The second-order valence-electron chi connectivity index (χ2n) is 4.47. The first-order chi connectivity index (χ1) is 10.8. The van der Waals surface area contributed by atoms with Gasteiger partial charge in [0, 0.05) is 15.7 Å². The number of thioether (sulfide) groups is 1. The molecule has 1 atom stereocenters. The Labute approximate surface area is 145 Å². The van der Waals surface area contributed by atoms with Crippen molar-refractivity contribution < 1.29 is 19.1 Å². The van der Waals surface area contributed by atoms with Crippen LogP contribution in [-0.2, 0) is 19.1 Å². The molecule has 0 saturated carbocycles. The van der Waals surface area contributed by atoms with Gasteiger partial charge in [-0.05, 0) is 18.2 Å². The molecule has 0 aliphatic carbocycles. The molecule has 7 nitrogen and oxygen atoms in total. The van der Waals surface area contributed by atoms with Crippen molar-refractivity contribution in [3.05, 3.63) is 28.2 Å². The Bertz CT molecular complexity index is 676. The first-order valence-electron chi connectivity index (χ1n) is 6.29. The van der Waals surface area contributed by atoms with Crippen LogP contribution >= 0.6 is 35.0 Å². The highest BCUT2D eigenvalue weighted by Crippen LogP contribution is 2.23. The molecule has 1 unspecified atom stereocenters. The van der Waals surface area contributed by atoms with E-state index in [1.807, 2.05) is 0 Å². The van der Waals surface area contributed by atoms with Crippen molar-refractivity contribution in [1.82, 2.24) is 0 Å². The standard InChI is InChI=1S/C13H11Cl2N3O4S/c14-6-1-7(15)3-8(2-6)17-10(19)5-22-11(20)4-9-12(21)18-13(16)23-9/h1-3,9H,4-5H2,(H,17,19)(H2,16,18,21). The summed E-state index contributed by atoms with van der Waals surface area (Å²) < 4.78 is 4.81. The van der Waals surface area contributed by atoms with Crippen molar-refractivity contribution in [2.45, 2.75) is 11.7 Å². The van der Waals surface area contributed by atoms with E-state index >= 15 is 0 Å². The van der Waals surface area contributed by atoms with Crippen molar-refractivity contribution >= 4 is 63.6 Å². The van der Waals surface area contributed by atoms with Gasteiger partial charge in [0.05, 0.1) is 6.42 Å². The van der Waals surface area contributed by atoms with Gasteiger partial charge >= 0.3 is 5.97 Å². The van der Waals surface area contributed by atoms with Crippen LogP contribution in [0.15, 0.2) is 23.2 Å². The second kappa shape index (κ2) is 7.67. The lowest BCUT2D eigenvalue weighted by molar-refractivity contribution is -0.147. The molecule has 2 rings (SSSR count). The zero-order valence-electron chi connectivity index (χ0n) is 11.5. The van der Waals surface area contributed by atoms with Gasteiger partial charge in [0.25, 0.3) is 11.8 Å². The van der Waals surface area contributed by atoms with Gasteiger partial charge in [-0.15, -0.1) is 0 Å². The summed E-state index contributed by atoms with van der Waals surface area (Å²) in [5.74, 6) is -1.74. The van der Waals surface area contributed by atoms with Crippen molar-refractivity contribution in [2.24, 2.45) is 10.7 Å². The fourth-order valence-corrected chi connectivity index (χ4v) is 3.04. The molecule has 2 amide bonds. The van der Waals surface area contributed by atoms with Crippen LogP contribution in [0.1, 0.15) is 6.42 Å². The number of carbonyl (C=O) groups is 3. The van der Waals surface area contributed by atoms with E-state index in [1.165, 1.54) is 18.2 Å². The van der Waals surface area contributed by atoms with E-state index < -0.39 is 29.6 Å². The summed E-state index contributed by atoms with van der Waals surface area (Å²) in [6, 6.07) is 4.52. The number of rotatable bonds is 5. The SMILES string of the molecule is NC1=NC(=O)C(CC(=O)OCC(=O)Nc2cc(Cl)cc(Cl)c2)S1. The third-order valence-electron chi connectivity index (χ3n) is 2.62. The van der Waals surface area contributed by atoms with E-state index in [1.54, 1.807) is 0 Å². The largest absolute Gasteiger partial charge is 0.456 e. The highest BCUT2D eigenvalue weighted by molar-refractivity contribution is 8.15. The number of ether oxygens (including phenoxy) is 1. The number of hydrogen-bond acceptors (Lipinski definition) is 6. The summed E-state index contributed by atoms with van der Waals surface area (Å²) in [5.41, 5.74) is 5.76. The first-order valence-corrected chi connectivity index (χ1v) is 7.93. The second-order valence-corrected chi connectivity index (χ2v) is 6.56. The Morgan fingerprint density at radius 1 is 1.30 bits per heavy atom. The number of nitrogens with zero attached hydrogens (tertiary/aromatic N) is 1. The minimum atomic E-state index is -0.697. The number of nitrogens with one attached hydrogen (secondary N) is 1. The molecule has 0 bridgehead atoms. The quantitative estimate of drug-likeness (QED) is 0.759. The van der Waals surface area contributed by atoms with Crippen LogP contribution in [0.25, 0.3) is 0 Å². The molecule has 0 saturated heterocycles. The smallest absolute Gasteiger partial charge is 0.307 e. The maximum atomic E-state index is 11.7. The Morgan fingerprint density at radius 2 is 1.96 bits per heavy atom. The molecule has 1 aliphatic heterocycles. The summed E-state index contributed by atoms with van der Waals surface area (Å²) >= 11 is 12.6. The Balaban J connectivity index is 1.78. The number of carbonyl (C=O) groups excluding carboxylic acids is 3. The van der Waals surface area contributed by atoms with Crippen LogP contribution in [0, 0.1) is 0 Å². The first kappa shape index (κ1) is 17.6. The van der Waals surface area contributed by atoms with Gasteiger partial charge in [-0.25, -0.2) is 0 Å². The van der Waals surface area contributed by atoms with Gasteiger partial charge in [-0.2, -0.15) is 4.99 Å². The number of hydrogen-bond donors (Lipinski definition) is 2.